The normalized spacial score (nSPS) is 11.4. The van der Waals surface area contributed by atoms with Crippen LogP contribution in [0.3, 0.4) is 0 Å². The molecule has 128 valence electrons. The molecular formula is C18H17BrF3NO. The SMILES string of the molecule is CN(Cc1ccc(C(F)(F)F)cc1)C(=O)CCc1cccc(Br)c1. The van der Waals surface area contributed by atoms with Gasteiger partial charge in [0.1, 0.15) is 0 Å². The second kappa shape index (κ2) is 7.83. The van der Waals surface area contributed by atoms with Crippen molar-refractivity contribution in [3.05, 3.63) is 69.7 Å². The molecule has 0 aliphatic heterocycles. The minimum absolute atomic E-state index is 0.0464. The molecule has 0 aliphatic carbocycles. The summed E-state index contributed by atoms with van der Waals surface area (Å²) in [5.41, 5.74) is 1.04. The highest BCUT2D eigenvalue weighted by Gasteiger charge is 2.29. The smallest absolute Gasteiger partial charge is 0.341 e. The number of carbonyl (C=O) groups excluding carboxylic acids is 1. The molecule has 2 rings (SSSR count). The molecule has 0 N–H and O–H groups in total. The van der Waals surface area contributed by atoms with Gasteiger partial charge in [0.15, 0.2) is 0 Å². The molecule has 0 bridgehead atoms. The van der Waals surface area contributed by atoms with Crippen molar-refractivity contribution in [1.82, 2.24) is 4.90 Å². The largest absolute Gasteiger partial charge is 0.416 e. The molecule has 2 nitrogen and oxygen atoms in total. The molecule has 0 fully saturated rings. The van der Waals surface area contributed by atoms with Crippen molar-refractivity contribution in [2.75, 3.05) is 7.05 Å². The quantitative estimate of drug-likeness (QED) is 0.687. The molecule has 2 aromatic carbocycles. The van der Waals surface area contributed by atoms with E-state index >= 15 is 0 Å². The first-order valence-electron chi connectivity index (χ1n) is 7.40. The molecule has 0 saturated heterocycles. The van der Waals surface area contributed by atoms with Gasteiger partial charge in [0.05, 0.1) is 5.56 Å². The van der Waals surface area contributed by atoms with Gasteiger partial charge in [-0.25, -0.2) is 0 Å². The summed E-state index contributed by atoms with van der Waals surface area (Å²) in [6, 6.07) is 12.6. The summed E-state index contributed by atoms with van der Waals surface area (Å²) in [4.78, 5) is 13.7. The fraction of sp³-hybridized carbons (Fsp3) is 0.278. The van der Waals surface area contributed by atoms with Crippen LogP contribution in [0.4, 0.5) is 13.2 Å². The molecule has 0 heterocycles. The first-order valence-corrected chi connectivity index (χ1v) is 8.19. The first kappa shape index (κ1) is 18.5. The standard InChI is InChI=1S/C18H17BrF3NO/c1-23(12-14-5-8-15(9-6-14)18(20,21)22)17(24)10-7-13-3-2-4-16(19)11-13/h2-6,8-9,11H,7,10,12H2,1H3. The minimum atomic E-state index is -4.34. The van der Waals surface area contributed by atoms with E-state index in [4.69, 9.17) is 0 Å². The van der Waals surface area contributed by atoms with Gasteiger partial charge in [0.2, 0.25) is 5.91 Å². The average molecular weight is 400 g/mol. The van der Waals surface area contributed by atoms with Crippen LogP contribution in [-0.4, -0.2) is 17.9 Å². The third-order valence-corrected chi connectivity index (χ3v) is 4.14. The van der Waals surface area contributed by atoms with Crippen molar-refractivity contribution in [3.8, 4) is 0 Å². The summed E-state index contributed by atoms with van der Waals surface area (Å²) < 4.78 is 38.6. The fourth-order valence-corrected chi connectivity index (χ4v) is 2.74. The monoisotopic (exact) mass is 399 g/mol. The van der Waals surface area contributed by atoms with Crippen LogP contribution in [0.25, 0.3) is 0 Å². The Hall–Kier alpha value is -1.82. The zero-order valence-electron chi connectivity index (χ0n) is 13.1. The number of halogens is 4. The summed E-state index contributed by atoms with van der Waals surface area (Å²) in [5.74, 6) is -0.0464. The van der Waals surface area contributed by atoms with E-state index in [9.17, 15) is 18.0 Å². The zero-order chi connectivity index (χ0) is 17.7. The van der Waals surface area contributed by atoms with Gasteiger partial charge in [-0.3, -0.25) is 4.79 Å². The predicted molar refractivity (Wildman–Crippen MR) is 90.4 cm³/mol. The van der Waals surface area contributed by atoms with Crippen LogP contribution in [-0.2, 0) is 23.9 Å². The Morgan fingerprint density at radius 3 is 2.33 bits per heavy atom. The highest BCUT2D eigenvalue weighted by Crippen LogP contribution is 2.29. The Morgan fingerprint density at radius 1 is 1.08 bits per heavy atom. The van der Waals surface area contributed by atoms with E-state index in [0.717, 1.165) is 22.2 Å². The van der Waals surface area contributed by atoms with Crippen molar-refractivity contribution in [2.45, 2.75) is 25.6 Å². The van der Waals surface area contributed by atoms with Crippen molar-refractivity contribution < 1.29 is 18.0 Å². The third kappa shape index (κ3) is 5.37. The van der Waals surface area contributed by atoms with Crippen LogP contribution in [0.5, 0.6) is 0 Å². The number of carbonyl (C=O) groups is 1. The summed E-state index contributed by atoms with van der Waals surface area (Å²) in [5, 5.41) is 0. The lowest BCUT2D eigenvalue weighted by Crippen LogP contribution is -2.26. The number of alkyl halides is 3. The average Bonchev–Trinajstić information content (AvgIpc) is 2.52. The summed E-state index contributed by atoms with van der Waals surface area (Å²) >= 11 is 3.39. The van der Waals surface area contributed by atoms with Gasteiger partial charge < -0.3 is 4.90 Å². The van der Waals surface area contributed by atoms with Crippen molar-refractivity contribution in [1.29, 1.82) is 0 Å². The van der Waals surface area contributed by atoms with Crippen molar-refractivity contribution in [3.63, 3.8) is 0 Å². The minimum Gasteiger partial charge on any atom is -0.341 e. The molecule has 0 radical (unpaired) electrons. The number of hydrogen-bond acceptors (Lipinski definition) is 1. The lowest BCUT2D eigenvalue weighted by atomic mass is 10.1. The number of benzene rings is 2. The Morgan fingerprint density at radius 2 is 1.75 bits per heavy atom. The van der Waals surface area contributed by atoms with Crippen LogP contribution in [0.15, 0.2) is 53.0 Å². The Labute approximate surface area is 147 Å². The third-order valence-electron chi connectivity index (χ3n) is 3.64. The lowest BCUT2D eigenvalue weighted by molar-refractivity contribution is -0.137. The second-order valence-corrected chi connectivity index (χ2v) is 6.49. The second-order valence-electron chi connectivity index (χ2n) is 5.57. The number of nitrogens with zero attached hydrogens (tertiary/aromatic N) is 1. The topological polar surface area (TPSA) is 20.3 Å². The zero-order valence-corrected chi connectivity index (χ0v) is 14.7. The van der Waals surface area contributed by atoms with Crippen LogP contribution in [0.1, 0.15) is 23.1 Å². The number of hydrogen-bond donors (Lipinski definition) is 0. The van der Waals surface area contributed by atoms with Gasteiger partial charge >= 0.3 is 6.18 Å². The van der Waals surface area contributed by atoms with Crippen LogP contribution in [0.2, 0.25) is 0 Å². The van der Waals surface area contributed by atoms with Crippen LogP contribution >= 0.6 is 15.9 Å². The highest BCUT2D eigenvalue weighted by atomic mass is 79.9. The van der Waals surface area contributed by atoms with Gasteiger partial charge in [-0.15, -0.1) is 0 Å². The summed E-state index contributed by atoms with van der Waals surface area (Å²) in [7, 11) is 1.65. The van der Waals surface area contributed by atoms with Gasteiger partial charge in [-0.1, -0.05) is 40.2 Å². The number of rotatable bonds is 5. The molecule has 0 aromatic heterocycles. The molecule has 0 atom stereocenters. The molecule has 0 unspecified atom stereocenters. The maximum Gasteiger partial charge on any atom is 0.416 e. The van der Waals surface area contributed by atoms with E-state index in [-0.39, 0.29) is 12.5 Å². The highest BCUT2D eigenvalue weighted by molar-refractivity contribution is 9.10. The van der Waals surface area contributed by atoms with Gasteiger partial charge in [-0.2, -0.15) is 13.2 Å². The first-order chi connectivity index (χ1) is 11.3. The number of aryl methyl sites for hydroxylation is 1. The van der Waals surface area contributed by atoms with E-state index in [1.165, 1.54) is 17.0 Å². The Kier molecular flexibility index (Phi) is 6.04. The molecule has 0 spiro atoms. The lowest BCUT2D eigenvalue weighted by Gasteiger charge is -2.18. The molecule has 2 aromatic rings. The van der Waals surface area contributed by atoms with E-state index in [0.29, 0.717) is 18.4 Å². The molecule has 6 heteroatoms. The summed E-state index contributed by atoms with van der Waals surface area (Å²) in [6.07, 6.45) is -3.37. The predicted octanol–water partition coefficient (Wildman–Crippen LogP) is 5.06. The van der Waals surface area contributed by atoms with Crippen LogP contribution < -0.4 is 0 Å². The van der Waals surface area contributed by atoms with Gasteiger partial charge in [-0.05, 0) is 41.8 Å². The number of amides is 1. The van der Waals surface area contributed by atoms with E-state index in [1.807, 2.05) is 24.3 Å². The molecule has 1 amide bonds. The summed E-state index contributed by atoms with van der Waals surface area (Å²) in [6.45, 7) is 0.287. The Balaban J connectivity index is 1.89. The molecule has 0 aliphatic rings. The van der Waals surface area contributed by atoms with Crippen molar-refractivity contribution >= 4 is 21.8 Å². The fourth-order valence-electron chi connectivity index (χ4n) is 2.30. The maximum absolute atomic E-state index is 12.5. The van der Waals surface area contributed by atoms with E-state index in [2.05, 4.69) is 15.9 Å². The van der Waals surface area contributed by atoms with E-state index < -0.39 is 11.7 Å². The van der Waals surface area contributed by atoms with Crippen molar-refractivity contribution in [2.24, 2.45) is 0 Å². The molecular weight excluding hydrogens is 383 g/mol. The molecule has 24 heavy (non-hydrogen) atoms. The maximum atomic E-state index is 12.5. The van der Waals surface area contributed by atoms with Gasteiger partial charge in [0, 0.05) is 24.5 Å². The van der Waals surface area contributed by atoms with Gasteiger partial charge in [0.25, 0.3) is 0 Å². The Bertz CT molecular complexity index is 698. The molecule has 0 saturated carbocycles. The van der Waals surface area contributed by atoms with E-state index in [1.54, 1.807) is 7.05 Å². The van der Waals surface area contributed by atoms with Crippen LogP contribution in [0, 0.1) is 0 Å².